The lowest BCUT2D eigenvalue weighted by Crippen LogP contribution is -2.37. The molecule has 1 aromatic carbocycles. The van der Waals surface area contributed by atoms with E-state index in [2.05, 4.69) is 0 Å². The molecular formula is C14H14O4. The third kappa shape index (κ3) is 1.32. The normalized spacial score (nSPS) is 28.8. The number of ether oxygens (including phenoxy) is 1. The van der Waals surface area contributed by atoms with Gasteiger partial charge in [-0.25, -0.2) is 4.79 Å². The van der Waals surface area contributed by atoms with E-state index in [1.165, 1.54) is 0 Å². The molecule has 1 aromatic rings. The van der Waals surface area contributed by atoms with E-state index in [9.17, 15) is 14.7 Å². The van der Waals surface area contributed by atoms with Crippen molar-refractivity contribution in [3.63, 3.8) is 0 Å². The minimum absolute atomic E-state index is 0.262. The predicted octanol–water partition coefficient (Wildman–Crippen LogP) is 2.08. The van der Waals surface area contributed by atoms with Crippen LogP contribution in [-0.4, -0.2) is 17.0 Å². The van der Waals surface area contributed by atoms with Crippen molar-refractivity contribution in [1.29, 1.82) is 0 Å². The van der Waals surface area contributed by atoms with Gasteiger partial charge in [-0.3, -0.25) is 4.79 Å². The van der Waals surface area contributed by atoms with Crippen LogP contribution < -0.4 is 0 Å². The number of benzene rings is 1. The summed E-state index contributed by atoms with van der Waals surface area (Å²) in [4.78, 5) is 23.6. The fourth-order valence-electron chi connectivity index (χ4n) is 2.95. The third-order valence-electron chi connectivity index (χ3n) is 4.18. The molecule has 1 aliphatic carbocycles. The Bertz CT molecular complexity index is 504. The minimum atomic E-state index is -1.49. The largest absolute Gasteiger partial charge is 0.478 e. The first-order chi connectivity index (χ1) is 8.59. The van der Waals surface area contributed by atoms with Crippen LogP contribution in [0.25, 0.3) is 0 Å². The van der Waals surface area contributed by atoms with E-state index in [1.54, 1.807) is 24.3 Å². The van der Waals surface area contributed by atoms with Gasteiger partial charge in [-0.2, -0.15) is 0 Å². The van der Waals surface area contributed by atoms with Gasteiger partial charge in [0.1, 0.15) is 0 Å². The molecule has 0 amide bonds. The zero-order valence-electron chi connectivity index (χ0n) is 9.89. The van der Waals surface area contributed by atoms with Gasteiger partial charge >= 0.3 is 11.9 Å². The fourth-order valence-corrected chi connectivity index (χ4v) is 2.95. The van der Waals surface area contributed by atoms with Gasteiger partial charge in [-0.1, -0.05) is 36.8 Å². The smallest absolute Gasteiger partial charge is 0.353 e. The van der Waals surface area contributed by atoms with E-state index in [4.69, 9.17) is 4.74 Å². The first kappa shape index (κ1) is 11.3. The zero-order chi connectivity index (χ0) is 12.8. The lowest BCUT2D eigenvalue weighted by Gasteiger charge is -2.34. The number of hydrogen-bond donors (Lipinski definition) is 1. The molecule has 3 rings (SSSR count). The lowest BCUT2D eigenvalue weighted by atomic mass is 9.64. The summed E-state index contributed by atoms with van der Waals surface area (Å²) in [5.74, 6) is -1.43. The van der Waals surface area contributed by atoms with E-state index in [0.717, 1.165) is 19.3 Å². The number of esters is 1. The third-order valence-corrected chi connectivity index (χ3v) is 4.18. The number of carbonyl (C=O) groups is 2. The molecule has 2 fully saturated rings. The van der Waals surface area contributed by atoms with Crippen molar-refractivity contribution in [3.8, 4) is 0 Å². The maximum Gasteiger partial charge on any atom is 0.353 e. The first-order valence-electron chi connectivity index (χ1n) is 6.12. The monoisotopic (exact) mass is 246 g/mol. The first-order valence-corrected chi connectivity index (χ1v) is 6.12. The number of rotatable bonds is 2. The van der Waals surface area contributed by atoms with E-state index >= 15 is 0 Å². The molecule has 1 saturated heterocycles. The van der Waals surface area contributed by atoms with Crippen molar-refractivity contribution in [1.82, 2.24) is 0 Å². The summed E-state index contributed by atoms with van der Waals surface area (Å²) < 4.78 is 5.32. The number of cyclic esters (lactones) is 1. The molecule has 94 valence electrons. The second-order valence-electron chi connectivity index (χ2n) is 5.20. The Morgan fingerprint density at radius 3 is 2.33 bits per heavy atom. The van der Waals surface area contributed by atoms with Crippen molar-refractivity contribution < 1.29 is 19.4 Å². The van der Waals surface area contributed by atoms with Gasteiger partial charge in [0.25, 0.3) is 0 Å². The number of carboxylic acids is 1. The van der Waals surface area contributed by atoms with Crippen LogP contribution in [0.5, 0.6) is 0 Å². The topological polar surface area (TPSA) is 63.6 Å². The maximum atomic E-state index is 12.0. The van der Waals surface area contributed by atoms with E-state index < -0.39 is 17.0 Å². The van der Waals surface area contributed by atoms with Crippen LogP contribution in [0.3, 0.4) is 0 Å². The molecule has 1 unspecified atom stereocenters. The highest BCUT2D eigenvalue weighted by molar-refractivity contribution is 5.90. The van der Waals surface area contributed by atoms with Crippen LogP contribution in [0.1, 0.15) is 31.2 Å². The molecular weight excluding hydrogens is 232 g/mol. The molecule has 4 nitrogen and oxygen atoms in total. The molecule has 1 atom stereocenters. The molecule has 0 aromatic heterocycles. The molecule has 18 heavy (non-hydrogen) atoms. The Kier molecular flexibility index (Phi) is 2.24. The van der Waals surface area contributed by atoms with Gasteiger partial charge in [0.15, 0.2) is 0 Å². The Balaban J connectivity index is 2.05. The number of hydrogen-bond acceptors (Lipinski definition) is 3. The highest BCUT2D eigenvalue weighted by atomic mass is 16.6. The van der Waals surface area contributed by atoms with Crippen molar-refractivity contribution in [2.75, 3.05) is 0 Å². The quantitative estimate of drug-likeness (QED) is 0.811. The highest BCUT2D eigenvalue weighted by Gasteiger charge is 2.63. The van der Waals surface area contributed by atoms with Crippen molar-refractivity contribution in [2.24, 2.45) is 5.41 Å². The average Bonchev–Trinajstić information content (AvgIpc) is 2.65. The van der Waals surface area contributed by atoms with Crippen LogP contribution in [0, 0.1) is 5.41 Å². The molecule has 1 saturated carbocycles. The molecule has 1 spiro atoms. The Labute approximate surface area is 105 Å². The van der Waals surface area contributed by atoms with Crippen LogP contribution in [0.2, 0.25) is 0 Å². The summed E-state index contributed by atoms with van der Waals surface area (Å²) in [7, 11) is 0. The minimum Gasteiger partial charge on any atom is -0.478 e. The van der Waals surface area contributed by atoms with Crippen LogP contribution in [-0.2, 0) is 19.9 Å². The molecule has 4 heteroatoms. The van der Waals surface area contributed by atoms with Gasteiger partial charge in [-0.15, -0.1) is 0 Å². The van der Waals surface area contributed by atoms with E-state index in [0.29, 0.717) is 5.56 Å². The van der Waals surface area contributed by atoms with Gasteiger partial charge in [0.2, 0.25) is 5.60 Å². The second-order valence-corrected chi connectivity index (χ2v) is 5.20. The highest BCUT2D eigenvalue weighted by Crippen LogP contribution is 2.56. The predicted molar refractivity (Wildman–Crippen MR) is 62.7 cm³/mol. The summed E-state index contributed by atoms with van der Waals surface area (Å²) in [5, 5.41) is 9.51. The fraction of sp³-hybridized carbons (Fsp3) is 0.429. The van der Waals surface area contributed by atoms with Crippen molar-refractivity contribution >= 4 is 11.9 Å². The average molecular weight is 246 g/mol. The van der Waals surface area contributed by atoms with Gasteiger partial charge in [0.05, 0.1) is 5.41 Å². The van der Waals surface area contributed by atoms with E-state index in [-0.39, 0.29) is 12.4 Å². The number of aliphatic carboxylic acids is 1. The molecule has 1 aliphatic heterocycles. The molecule has 0 bridgehead atoms. The summed E-state index contributed by atoms with van der Waals surface area (Å²) >= 11 is 0. The second kappa shape index (κ2) is 3.57. The summed E-state index contributed by atoms with van der Waals surface area (Å²) in [6.45, 7) is 0. The van der Waals surface area contributed by atoms with Crippen LogP contribution in [0.4, 0.5) is 0 Å². The molecule has 0 radical (unpaired) electrons. The number of carboxylic acid groups (broad SMARTS) is 1. The van der Waals surface area contributed by atoms with Gasteiger partial charge in [-0.05, 0) is 12.8 Å². The van der Waals surface area contributed by atoms with Crippen molar-refractivity contribution in [3.05, 3.63) is 35.9 Å². The Hall–Kier alpha value is -1.84. The Morgan fingerprint density at radius 2 is 1.89 bits per heavy atom. The summed E-state index contributed by atoms with van der Waals surface area (Å²) in [6, 6.07) is 8.76. The number of carbonyl (C=O) groups excluding carboxylic acids is 1. The molecule has 2 aliphatic rings. The SMILES string of the molecule is O=C1OC(C(=O)O)(c2ccccc2)CC12CCC2. The summed E-state index contributed by atoms with van der Waals surface area (Å²) in [6.07, 6.45) is 2.72. The van der Waals surface area contributed by atoms with Crippen LogP contribution >= 0.6 is 0 Å². The standard InChI is InChI=1S/C14H14O4/c15-11(16)14(10-5-2-1-3-6-10)9-13(7-4-8-13)12(17)18-14/h1-3,5-6H,4,7-9H2,(H,15,16). The zero-order valence-corrected chi connectivity index (χ0v) is 9.89. The Morgan fingerprint density at radius 1 is 1.22 bits per heavy atom. The molecule has 1 N–H and O–H groups in total. The van der Waals surface area contributed by atoms with Crippen LogP contribution in [0.15, 0.2) is 30.3 Å². The lowest BCUT2D eigenvalue weighted by molar-refractivity contribution is -0.172. The summed E-state index contributed by atoms with van der Waals surface area (Å²) in [5.41, 5.74) is -1.48. The molecule has 1 heterocycles. The van der Waals surface area contributed by atoms with Gasteiger partial charge < -0.3 is 9.84 Å². The maximum absolute atomic E-state index is 12.0. The van der Waals surface area contributed by atoms with E-state index in [1.807, 2.05) is 6.07 Å². The van der Waals surface area contributed by atoms with Crippen molar-refractivity contribution in [2.45, 2.75) is 31.3 Å². The van der Waals surface area contributed by atoms with Gasteiger partial charge in [0, 0.05) is 12.0 Å².